The molecule has 184 valence electrons. The largest absolute Gasteiger partial charge is 0.240 e. The molecule has 0 aliphatic carbocycles. The van der Waals surface area contributed by atoms with Gasteiger partial charge < -0.3 is 0 Å². The quantitative estimate of drug-likeness (QED) is 0.498. The molecule has 1 aromatic carbocycles. The molecule has 31 heavy (non-hydrogen) atoms. The van der Waals surface area contributed by atoms with Crippen molar-refractivity contribution < 1.29 is 25.3 Å². The summed E-state index contributed by atoms with van der Waals surface area (Å²) in [7, 11) is -9.33. The minimum Gasteiger partial charge on any atom is -0.213 e. The summed E-state index contributed by atoms with van der Waals surface area (Å²) in [6.07, 6.45) is 1.15. The highest BCUT2D eigenvalue weighted by Crippen LogP contribution is 2.07. The van der Waals surface area contributed by atoms with Crippen LogP contribution in [0.4, 0.5) is 0 Å². The van der Waals surface area contributed by atoms with Gasteiger partial charge in [0.05, 0.1) is 16.4 Å². The second-order valence-corrected chi connectivity index (χ2v) is 13.8. The lowest BCUT2D eigenvalue weighted by Crippen LogP contribution is -2.35. The number of benzene rings is 1. The fraction of sp³-hybridized carbons (Fsp3) is 0.684. The van der Waals surface area contributed by atoms with Crippen molar-refractivity contribution in [1.29, 1.82) is 0 Å². The van der Waals surface area contributed by atoms with Gasteiger partial charge in [-0.3, -0.25) is 0 Å². The van der Waals surface area contributed by atoms with Crippen molar-refractivity contribution in [2.75, 3.05) is 6.26 Å². The van der Waals surface area contributed by atoms with Crippen LogP contribution in [0.2, 0.25) is 0 Å². The van der Waals surface area contributed by atoms with Crippen molar-refractivity contribution in [3.63, 3.8) is 0 Å². The van der Waals surface area contributed by atoms with Gasteiger partial charge >= 0.3 is 0 Å². The van der Waals surface area contributed by atoms with E-state index in [1.165, 1.54) is 0 Å². The first kappa shape index (κ1) is 32.1. The lowest BCUT2D eigenvalue weighted by Gasteiger charge is -2.11. The Bertz CT molecular complexity index is 925. The predicted molar refractivity (Wildman–Crippen MR) is 127 cm³/mol. The Morgan fingerprint density at radius 2 is 1.00 bits per heavy atom. The average Bonchev–Trinajstić information content (AvgIpc) is 2.52. The zero-order valence-corrected chi connectivity index (χ0v) is 22.3. The Balaban J connectivity index is 0. The molecule has 0 spiro atoms. The summed E-state index contributed by atoms with van der Waals surface area (Å²) >= 11 is 0. The van der Waals surface area contributed by atoms with E-state index in [1.54, 1.807) is 85.7 Å². The summed E-state index contributed by atoms with van der Waals surface area (Å²) in [5.74, 6) is 0. The Hall–Kier alpha value is -1.05. The van der Waals surface area contributed by atoms with E-state index in [0.29, 0.717) is 4.90 Å². The number of nitrogens with one attached hydrogen (secondary N) is 3. The van der Waals surface area contributed by atoms with Crippen molar-refractivity contribution in [1.82, 2.24) is 14.2 Å². The van der Waals surface area contributed by atoms with Crippen LogP contribution in [0.3, 0.4) is 0 Å². The second-order valence-electron chi connectivity index (χ2n) is 8.00. The molecule has 0 aromatic heterocycles. The summed E-state index contributed by atoms with van der Waals surface area (Å²) in [6.45, 7) is 14.1. The predicted octanol–water partition coefficient (Wildman–Crippen LogP) is 2.04. The molecule has 12 heteroatoms. The lowest BCUT2D eigenvalue weighted by molar-refractivity contribution is 0.560. The Kier molecular flexibility index (Phi) is 14.7. The van der Waals surface area contributed by atoms with Crippen LogP contribution in [-0.4, -0.2) is 54.9 Å². The van der Waals surface area contributed by atoms with Crippen molar-refractivity contribution >= 4 is 30.1 Å². The minimum absolute atomic E-state index is 0.00463. The van der Waals surface area contributed by atoms with E-state index in [1.807, 2.05) is 0 Å². The fourth-order valence-corrected chi connectivity index (χ4v) is 4.93. The number of rotatable bonds is 8. The van der Waals surface area contributed by atoms with Crippen LogP contribution < -0.4 is 14.2 Å². The zero-order chi connectivity index (χ0) is 25.0. The first-order chi connectivity index (χ1) is 13.8. The third-order valence-corrected chi connectivity index (χ3v) is 7.53. The van der Waals surface area contributed by atoms with Crippen LogP contribution in [0.15, 0.2) is 35.2 Å². The third-order valence-electron chi connectivity index (χ3n) is 2.91. The molecule has 9 nitrogen and oxygen atoms in total. The van der Waals surface area contributed by atoms with E-state index in [9.17, 15) is 25.3 Å². The van der Waals surface area contributed by atoms with Crippen molar-refractivity contribution in [2.45, 2.75) is 83.7 Å². The molecule has 0 amide bonds. The highest BCUT2D eigenvalue weighted by atomic mass is 32.2. The summed E-state index contributed by atoms with van der Waals surface area (Å²) < 4.78 is 73.1. The van der Waals surface area contributed by atoms with Gasteiger partial charge in [-0.2, -0.15) is 0 Å². The van der Waals surface area contributed by atoms with Crippen molar-refractivity contribution in [3.8, 4) is 0 Å². The summed E-state index contributed by atoms with van der Waals surface area (Å²) in [4.78, 5) is 0.309. The highest BCUT2D eigenvalue weighted by molar-refractivity contribution is 7.90. The van der Waals surface area contributed by atoms with Gasteiger partial charge in [-0.15, -0.1) is 0 Å². The van der Waals surface area contributed by atoms with Crippen LogP contribution in [0.1, 0.15) is 55.4 Å². The maximum atomic E-state index is 11.5. The Morgan fingerprint density at radius 3 is 1.23 bits per heavy atom. The minimum atomic E-state index is -3.31. The van der Waals surface area contributed by atoms with Gasteiger partial charge in [-0.05, 0) is 67.5 Å². The molecule has 0 aliphatic rings. The normalized spacial score (nSPS) is 12.4. The van der Waals surface area contributed by atoms with Crippen molar-refractivity contribution in [3.05, 3.63) is 30.3 Å². The molecular formula is C19H39N3O6S3. The number of hydrogen-bond donors (Lipinski definition) is 3. The standard InChI is InChI=1S/C9H13NO2S.C6H15NO2S.C4H11NO2S/c1-8(2)10-13(11,12)9-6-4-3-5-7-9;1-5(2)7-10(8,9)6(3)4;1-4(2)5-8(3,6)7/h3-8,10H,1-2H3;5-7H,1-4H3;4-5H,1-3H3. The van der Waals surface area contributed by atoms with Crippen LogP contribution in [-0.2, 0) is 30.1 Å². The molecule has 0 radical (unpaired) electrons. The van der Waals surface area contributed by atoms with Crippen molar-refractivity contribution in [2.24, 2.45) is 0 Å². The lowest BCUT2D eigenvalue weighted by atomic mass is 10.4. The maximum absolute atomic E-state index is 11.5. The van der Waals surface area contributed by atoms with E-state index in [4.69, 9.17) is 0 Å². The molecule has 3 N–H and O–H groups in total. The van der Waals surface area contributed by atoms with Gasteiger partial charge in [0.25, 0.3) is 0 Å². The SMILES string of the molecule is CC(C)NS(=O)(=O)C(C)C.CC(C)NS(=O)(=O)c1ccccc1.CC(C)NS(C)(=O)=O. The second kappa shape index (κ2) is 14.2. The van der Waals surface area contributed by atoms with Gasteiger partial charge in [0.1, 0.15) is 0 Å². The number of sulfonamides is 3. The molecule has 0 atom stereocenters. The molecule has 0 saturated carbocycles. The smallest absolute Gasteiger partial charge is 0.213 e. The van der Waals surface area contributed by atoms with Crippen LogP contribution in [0.5, 0.6) is 0 Å². The molecule has 1 aromatic rings. The van der Waals surface area contributed by atoms with Crippen LogP contribution in [0, 0.1) is 0 Å². The first-order valence-corrected chi connectivity index (χ1v) is 14.8. The molecule has 0 heterocycles. The van der Waals surface area contributed by atoms with Gasteiger partial charge in [0.15, 0.2) is 0 Å². The molecule has 0 bridgehead atoms. The van der Waals surface area contributed by atoms with Gasteiger partial charge in [0.2, 0.25) is 30.1 Å². The summed E-state index contributed by atoms with van der Waals surface area (Å²) in [6, 6.07) is 8.26. The fourth-order valence-electron chi connectivity index (χ4n) is 1.87. The first-order valence-electron chi connectivity index (χ1n) is 9.86. The van der Waals surface area contributed by atoms with Gasteiger partial charge in [-0.25, -0.2) is 39.4 Å². The molecular weight excluding hydrogens is 462 g/mol. The molecule has 0 saturated heterocycles. The van der Waals surface area contributed by atoms with E-state index < -0.39 is 30.1 Å². The van der Waals surface area contributed by atoms with E-state index in [0.717, 1.165) is 6.26 Å². The summed E-state index contributed by atoms with van der Waals surface area (Å²) in [5, 5.41) is -0.338. The molecule has 0 aliphatic heterocycles. The van der Waals surface area contributed by atoms with Crippen LogP contribution in [0.25, 0.3) is 0 Å². The van der Waals surface area contributed by atoms with Crippen LogP contribution >= 0.6 is 0 Å². The topological polar surface area (TPSA) is 139 Å². The molecule has 1 rings (SSSR count). The molecule has 0 unspecified atom stereocenters. The van der Waals surface area contributed by atoms with E-state index in [2.05, 4.69) is 14.2 Å². The van der Waals surface area contributed by atoms with E-state index in [-0.39, 0.29) is 23.4 Å². The Morgan fingerprint density at radius 1 is 0.613 bits per heavy atom. The highest BCUT2D eigenvalue weighted by Gasteiger charge is 2.15. The van der Waals surface area contributed by atoms with Gasteiger partial charge in [-0.1, -0.05) is 18.2 Å². The number of hydrogen-bond acceptors (Lipinski definition) is 6. The maximum Gasteiger partial charge on any atom is 0.240 e. The van der Waals surface area contributed by atoms with Gasteiger partial charge in [0, 0.05) is 18.1 Å². The van der Waals surface area contributed by atoms with E-state index >= 15 is 0 Å². The third kappa shape index (κ3) is 18.2. The zero-order valence-electron chi connectivity index (χ0n) is 19.9. The summed E-state index contributed by atoms with van der Waals surface area (Å²) in [5.41, 5.74) is 0. The monoisotopic (exact) mass is 501 g/mol. The molecule has 0 fully saturated rings. The average molecular weight is 502 g/mol. The Labute approximate surface area is 189 Å².